The van der Waals surface area contributed by atoms with Gasteiger partial charge in [-0.3, -0.25) is 14.9 Å². The molecule has 0 spiro atoms. The van der Waals surface area contributed by atoms with E-state index in [0.717, 1.165) is 17.7 Å². The third-order valence-electron chi connectivity index (χ3n) is 4.91. The largest absolute Gasteiger partial charge is 0.494 e. The zero-order valence-corrected chi connectivity index (χ0v) is 21.0. The lowest BCUT2D eigenvalue weighted by Gasteiger charge is -2.26. The van der Waals surface area contributed by atoms with Crippen molar-refractivity contribution in [3.05, 3.63) is 52.0 Å². The minimum absolute atomic E-state index is 0.0412. The number of urea groups is 1. The highest BCUT2D eigenvalue weighted by molar-refractivity contribution is 9.10. The summed E-state index contributed by atoms with van der Waals surface area (Å²) in [6.07, 6.45) is 8.59. The summed E-state index contributed by atoms with van der Waals surface area (Å²) in [5.74, 6) is 2.27. The molecule has 35 heavy (non-hydrogen) atoms. The normalized spacial score (nSPS) is 14.5. The van der Waals surface area contributed by atoms with Gasteiger partial charge in [-0.25, -0.2) is 9.69 Å². The van der Waals surface area contributed by atoms with E-state index in [1.165, 1.54) is 6.08 Å². The lowest BCUT2D eigenvalue weighted by molar-refractivity contribution is -0.122. The minimum atomic E-state index is -0.828. The first-order valence-electron chi connectivity index (χ1n) is 11.1. The van der Waals surface area contributed by atoms with Gasteiger partial charge in [0.25, 0.3) is 11.8 Å². The monoisotopic (exact) mass is 540 g/mol. The van der Waals surface area contributed by atoms with Crippen molar-refractivity contribution < 1.29 is 28.6 Å². The van der Waals surface area contributed by atoms with Crippen LogP contribution in [0.15, 0.2) is 46.4 Å². The van der Waals surface area contributed by atoms with Crippen molar-refractivity contribution in [1.82, 2.24) is 5.32 Å². The van der Waals surface area contributed by atoms with Gasteiger partial charge >= 0.3 is 6.03 Å². The first-order valence-corrected chi connectivity index (χ1v) is 11.9. The fourth-order valence-corrected chi connectivity index (χ4v) is 3.85. The van der Waals surface area contributed by atoms with Gasteiger partial charge < -0.3 is 14.2 Å². The lowest BCUT2D eigenvalue weighted by atomic mass is 10.1. The van der Waals surface area contributed by atoms with Crippen molar-refractivity contribution in [3.8, 4) is 29.6 Å². The molecule has 0 bridgehead atoms. The van der Waals surface area contributed by atoms with E-state index in [1.54, 1.807) is 36.4 Å². The van der Waals surface area contributed by atoms with Crippen LogP contribution in [0.5, 0.6) is 17.2 Å². The number of imide groups is 2. The van der Waals surface area contributed by atoms with Crippen molar-refractivity contribution in [2.45, 2.75) is 26.7 Å². The van der Waals surface area contributed by atoms with Gasteiger partial charge in [0.2, 0.25) is 0 Å². The Hall–Kier alpha value is -3.77. The summed E-state index contributed by atoms with van der Waals surface area (Å²) in [6.45, 7) is 4.85. The number of ether oxygens (including phenoxy) is 3. The number of terminal acetylenes is 1. The first kappa shape index (κ1) is 25.8. The van der Waals surface area contributed by atoms with E-state index < -0.39 is 17.8 Å². The molecule has 0 aromatic heterocycles. The Labute approximate surface area is 212 Å². The molecular formula is C26H25BrN2O6. The van der Waals surface area contributed by atoms with Gasteiger partial charge in [0.1, 0.15) is 17.9 Å². The highest BCUT2D eigenvalue weighted by atomic mass is 79.9. The van der Waals surface area contributed by atoms with Crippen molar-refractivity contribution in [2.24, 2.45) is 0 Å². The fraction of sp³-hybridized carbons (Fsp3) is 0.269. The van der Waals surface area contributed by atoms with Gasteiger partial charge in [0, 0.05) is 0 Å². The Morgan fingerprint density at radius 3 is 2.49 bits per heavy atom. The molecule has 2 aromatic rings. The number of anilines is 1. The van der Waals surface area contributed by atoms with Crippen LogP contribution in [0, 0.1) is 12.3 Å². The van der Waals surface area contributed by atoms with Crippen LogP contribution in [-0.2, 0) is 9.59 Å². The van der Waals surface area contributed by atoms with Gasteiger partial charge in [0.05, 0.1) is 23.4 Å². The van der Waals surface area contributed by atoms with Crippen LogP contribution in [0.4, 0.5) is 10.5 Å². The maximum Gasteiger partial charge on any atom is 0.335 e. The second kappa shape index (κ2) is 12.1. The van der Waals surface area contributed by atoms with Crippen LogP contribution >= 0.6 is 15.9 Å². The van der Waals surface area contributed by atoms with E-state index >= 15 is 0 Å². The van der Waals surface area contributed by atoms with Crippen molar-refractivity contribution in [2.75, 3.05) is 24.7 Å². The molecule has 0 aliphatic carbocycles. The lowest BCUT2D eigenvalue weighted by Crippen LogP contribution is -2.54. The van der Waals surface area contributed by atoms with E-state index in [0.29, 0.717) is 46.2 Å². The molecule has 1 aliphatic heterocycles. The summed E-state index contributed by atoms with van der Waals surface area (Å²) >= 11 is 3.42. The van der Waals surface area contributed by atoms with Gasteiger partial charge in [-0.1, -0.05) is 19.3 Å². The number of carbonyl (C=O) groups excluding carboxylic acids is 3. The molecule has 1 aliphatic rings. The number of hydrogen-bond donors (Lipinski definition) is 1. The molecular weight excluding hydrogens is 516 g/mol. The molecule has 0 radical (unpaired) electrons. The molecule has 1 heterocycles. The van der Waals surface area contributed by atoms with E-state index in [2.05, 4.69) is 34.1 Å². The number of nitrogens with zero attached hydrogens (tertiary/aromatic N) is 1. The molecule has 1 fully saturated rings. The number of benzene rings is 2. The number of halogens is 1. The van der Waals surface area contributed by atoms with Gasteiger partial charge in [0.15, 0.2) is 11.5 Å². The average Bonchev–Trinajstić information content (AvgIpc) is 2.82. The summed E-state index contributed by atoms with van der Waals surface area (Å²) in [4.78, 5) is 39.2. The molecule has 182 valence electrons. The number of amides is 4. The number of nitrogens with one attached hydrogen (secondary N) is 1. The van der Waals surface area contributed by atoms with Crippen LogP contribution in [0.3, 0.4) is 0 Å². The smallest absolute Gasteiger partial charge is 0.335 e. The van der Waals surface area contributed by atoms with Crippen LogP contribution in [0.25, 0.3) is 6.08 Å². The Morgan fingerprint density at radius 2 is 1.83 bits per heavy atom. The van der Waals surface area contributed by atoms with Crippen LogP contribution in [0.2, 0.25) is 0 Å². The van der Waals surface area contributed by atoms with Gasteiger partial charge in [-0.05, 0) is 77.3 Å². The summed E-state index contributed by atoms with van der Waals surface area (Å²) in [7, 11) is 0. The maximum atomic E-state index is 13.2. The number of rotatable bonds is 10. The first-order chi connectivity index (χ1) is 16.9. The van der Waals surface area contributed by atoms with Crippen LogP contribution in [0.1, 0.15) is 32.3 Å². The molecule has 1 saturated heterocycles. The summed E-state index contributed by atoms with van der Waals surface area (Å²) in [5, 5.41) is 2.22. The minimum Gasteiger partial charge on any atom is -0.494 e. The molecule has 4 amide bonds. The molecule has 9 heteroatoms. The quantitative estimate of drug-likeness (QED) is 0.203. The summed E-state index contributed by atoms with van der Waals surface area (Å²) < 4.78 is 17.3. The van der Waals surface area contributed by atoms with Crippen molar-refractivity contribution in [1.29, 1.82) is 0 Å². The number of carbonyl (C=O) groups is 3. The maximum absolute atomic E-state index is 13.2. The fourth-order valence-electron chi connectivity index (χ4n) is 3.27. The van der Waals surface area contributed by atoms with E-state index in [9.17, 15) is 14.4 Å². The molecule has 0 unspecified atom stereocenters. The Balaban J connectivity index is 1.91. The van der Waals surface area contributed by atoms with Crippen LogP contribution < -0.4 is 24.4 Å². The van der Waals surface area contributed by atoms with Crippen LogP contribution in [-0.4, -0.2) is 37.7 Å². The summed E-state index contributed by atoms with van der Waals surface area (Å²) in [5.41, 5.74) is 0.586. The Kier molecular flexibility index (Phi) is 8.92. The van der Waals surface area contributed by atoms with E-state index in [4.69, 9.17) is 20.6 Å². The highest BCUT2D eigenvalue weighted by Crippen LogP contribution is 2.38. The SMILES string of the molecule is C#CCOc1c(Br)cc(/C=C2/C(=O)NC(=O)N(c3ccc(OCCCC)cc3)C2=O)cc1OCC. The van der Waals surface area contributed by atoms with Gasteiger partial charge in [-0.15, -0.1) is 6.42 Å². The summed E-state index contributed by atoms with van der Waals surface area (Å²) in [6, 6.07) is 8.98. The number of unbranched alkanes of at least 4 members (excludes halogenated alkanes) is 1. The standard InChI is InChI=1S/C26H25BrN2O6/c1-4-7-13-34-19-10-8-18(9-11-19)29-25(31)20(24(30)28-26(29)32)14-17-15-21(27)23(35-12-5-2)22(16-17)33-6-3/h2,8-11,14-16H,4,6-7,12-13H2,1,3H3,(H,28,30,32)/b20-14-. The predicted octanol–water partition coefficient (Wildman–Crippen LogP) is 4.71. The van der Waals surface area contributed by atoms with Crippen molar-refractivity contribution >= 4 is 45.5 Å². The predicted molar refractivity (Wildman–Crippen MR) is 135 cm³/mol. The molecule has 8 nitrogen and oxygen atoms in total. The Bertz CT molecular complexity index is 1180. The second-order valence-corrected chi connectivity index (χ2v) is 8.26. The molecule has 2 aromatic carbocycles. The zero-order valence-electron chi connectivity index (χ0n) is 19.4. The van der Waals surface area contributed by atoms with Crippen molar-refractivity contribution in [3.63, 3.8) is 0 Å². The zero-order chi connectivity index (χ0) is 25.4. The third kappa shape index (κ3) is 6.22. The molecule has 3 rings (SSSR count). The topological polar surface area (TPSA) is 94.2 Å². The average molecular weight is 541 g/mol. The van der Waals surface area contributed by atoms with Gasteiger partial charge in [-0.2, -0.15) is 0 Å². The Morgan fingerprint density at radius 1 is 1.09 bits per heavy atom. The number of barbiturate groups is 1. The third-order valence-corrected chi connectivity index (χ3v) is 5.49. The molecule has 0 atom stereocenters. The van der Waals surface area contributed by atoms with E-state index in [-0.39, 0.29) is 12.2 Å². The molecule has 1 N–H and O–H groups in total. The number of hydrogen-bond acceptors (Lipinski definition) is 6. The molecule has 0 saturated carbocycles. The van der Waals surface area contributed by atoms with E-state index in [1.807, 2.05) is 6.92 Å². The second-order valence-electron chi connectivity index (χ2n) is 7.41. The highest BCUT2D eigenvalue weighted by Gasteiger charge is 2.37.